The molecule has 6 atom stereocenters. The number of carbonyl (C=O) groups is 4. The summed E-state index contributed by atoms with van der Waals surface area (Å²) >= 11 is 0. The molecule has 0 aromatic heterocycles. The zero-order valence-electron chi connectivity index (χ0n) is 60.7. The second-order valence-electron chi connectivity index (χ2n) is 27.9. The molecule has 0 fully saturated rings. The molecule has 0 aromatic carbocycles. The van der Waals surface area contributed by atoms with Crippen LogP contribution in [0.4, 0.5) is 0 Å². The Morgan fingerprint density at radius 3 is 0.817 bits per heavy atom. The average Bonchev–Trinajstić information content (AvgIpc) is 1.57. The average molecular weight is 1370 g/mol. The maximum Gasteiger partial charge on any atom is 0.472 e. The fourth-order valence-corrected chi connectivity index (χ4v) is 12.8. The first-order valence-corrected chi connectivity index (χ1v) is 41.4. The van der Waals surface area contributed by atoms with Crippen molar-refractivity contribution in [3.05, 3.63) is 0 Å². The third-order valence-electron chi connectivity index (χ3n) is 17.5. The van der Waals surface area contributed by atoms with E-state index >= 15 is 0 Å². The van der Waals surface area contributed by atoms with Gasteiger partial charge in [0.25, 0.3) is 0 Å². The summed E-state index contributed by atoms with van der Waals surface area (Å²) in [5.74, 6) is 0.152. The second-order valence-corrected chi connectivity index (χ2v) is 30.8. The van der Waals surface area contributed by atoms with E-state index < -0.39 is 97.5 Å². The first kappa shape index (κ1) is 91.1. The Morgan fingerprint density at radius 2 is 0.548 bits per heavy atom. The molecule has 3 N–H and O–H groups in total. The van der Waals surface area contributed by atoms with Crippen molar-refractivity contribution >= 4 is 39.5 Å². The van der Waals surface area contributed by atoms with Gasteiger partial charge in [-0.2, -0.15) is 0 Å². The van der Waals surface area contributed by atoms with Crippen LogP contribution in [-0.2, 0) is 65.4 Å². The van der Waals surface area contributed by atoms with E-state index in [2.05, 4.69) is 48.5 Å². The molecule has 0 amide bonds. The summed E-state index contributed by atoms with van der Waals surface area (Å²) in [5, 5.41) is 10.6. The van der Waals surface area contributed by atoms with Gasteiger partial charge >= 0.3 is 39.5 Å². The normalized spacial score (nSPS) is 14.4. The summed E-state index contributed by atoms with van der Waals surface area (Å²) in [6.45, 7) is 11.9. The number of aliphatic hydroxyl groups excluding tert-OH is 1. The van der Waals surface area contributed by atoms with Crippen molar-refractivity contribution in [1.29, 1.82) is 0 Å². The lowest BCUT2D eigenvalue weighted by molar-refractivity contribution is -0.161. The van der Waals surface area contributed by atoms with Crippen LogP contribution < -0.4 is 0 Å². The summed E-state index contributed by atoms with van der Waals surface area (Å²) in [6.07, 6.45) is 49.9. The van der Waals surface area contributed by atoms with E-state index in [1.54, 1.807) is 0 Å². The van der Waals surface area contributed by atoms with E-state index in [0.29, 0.717) is 25.7 Å². The Kier molecular flexibility index (Phi) is 63.4. The van der Waals surface area contributed by atoms with Crippen LogP contribution in [0.5, 0.6) is 0 Å². The van der Waals surface area contributed by atoms with Crippen molar-refractivity contribution in [1.82, 2.24) is 0 Å². The van der Waals surface area contributed by atoms with Crippen LogP contribution in [0.15, 0.2) is 0 Å². The van der Waals surface area contributed by atoms with E-state index in [1.807, 2.05) is 0 Å². The number of hydrogen-bond acceptors (Lipinski definition) is 15. The number of aliphatic hydroxyl groups is 1. The van der Waals surface area contributed by atoms with Crippen molar-refractivity contribution in [3.8, 4) is 0 Å². The maximum absolute atomic E-state index is 13.1. The van der Waals surface area contributed by atoms with Crippen molar-refractivity contribution in [2.45, 2.75) is 394 Å². The van der Waals surface area contributed by atoms with Gasteiger partial charge in [-0.1, -0.05) is 325 Å². The van der Waals surface area contributed by atoms with Gasteiger partial charge in [0.2, 0.25) is 0 Å². The lowest BCUT2D eigenvalue weighted by atomic mass is 9.99. The standard InChI is InChI=1S/C74H144O17P2/c1-8-10-11-12-13-14-15-16-17-18-19-20-27-36-43-50-57-73(78)90-69(61-84-71(76)55-48-41-34-26-22-21-25-33-40-47-54-67(7)9-2)63-88-92(80,81)86-59-68(75)60-87-93(82,83)89-64-70(62-85-72(77)56-49-42-35-30-29-32-39-46-53-66(5)6)91-74(79)58-51-44-37-28-23-24-31-38-45-52-65(3)4/h65-70,75H,8-64H2,1-7H3,(H,80,81)(H,82,83)/t67?,68-,69-,70-/m1/s1. The minimum Gasteiger partial charge on any atom is -0.462 e. The number of unbranched alkanes of at least 4 members (excludes halogenated alkanes) is 39. The number of rotatable bonds is 72. The largest absolute Gasteiger partial charge is 0.472 e. The molecule has 0 rings (SSSR count). The summed E-state index contributed by atoms with van der Waals surface area (Å²) in [6, 6.07) is 0. The molecule has 0 bridgehead atoms. The number of phosphoric acid groups is 2. The molecule has 0 spiro atoms. The van der Waals surface area contributed by atoms with Gasteiger partial charge in [-0.15, -0.1) is 0 Å². The zero-order chi connectivity index (χ0) is 68.7. The number of esters is 4. The summed E-state index contributed by atoms with van der Waals surface area (Å²) in [7, 11) is -9.91. The molecule has 93 heavy (non-hydrogen) atoms. The van der Waals surface area contributed by atoms with Gasteiger partial charge < -0.3 is 33.8 Å². The van der Waals surface area contributed by atoms with Crippen LogP contribution >= 0.6 is 15.6 Å². The molecule has 0 aliphatic rings. The SMILES string of the molecule is CCCCCCCCCCCCCCCCCCC(=O)O[C@H](COC(=O)CCCCCCCCCCCCC(C)CC)COP(=O)(O)OC[C@@H](O)COP(=O)(O)OC[C@@H](COC(=O)CCCCCCCCCCC(C)C)OC(=O)CCCCCCCCCCCC(C)C. The highest BCUT2D eigenvalue weighted by Gasteiger charge is 2.30. The first-order chi connectivity index (χ1) is 44.8. The third-order valence-corrected chi connectivity index (χ3v) is 19.4. The zero-order valence-corrected chi connectivity index (χ0v) is 62.5. The smallest absolute Gasteiger partial charge is 0.462 e. The number of hydrogen-bond donors (Lipinski definition) is 3. The maximum atomic E-state index is 13.1. The van der Waals surface area contributed by atoms with Gasteiger partial charge in [0.15, 0.2) is 12.2 Å². The molecular formula is C74H144O17P2. The van der Waals surface area contributed by atoms with Crippen molar-refractivity contribution in [2.75, 3.05) is 39.6 Å². The van der Waals surface area contributed by atoms with Gasteiger partial charge in [-0.05, 0) is 43.4 Å². The molecular weight excluding hydrogens is 1220 g/mol. The summed E-state index contributed by atoms with van der Waals surface area (Å²) in [4.78, 5) is 72.7. The van der Waals surface area contributed by atoms with E-state index in [9.17, 15) is 43.2 Å². The molecule has 552 valence electrons. The predicted molar refractivity (Wildman–Crippen MR) is 377 cm³/mol. The Morgan fingerprint density at radius 1 is 0.312 bits per heavy atom. The van der Waals surface area contributed by atoms with Gasteiger partial charge in [0.05, 0.1) is 26.4 Å². The van der Waals surface area contributed by atoms with Gasteiger partial charge in [0, 0.05) is 25.7 Å². The lowest BCUT2D eigenvalue weighted by Crippen LogP contribution is -2.30. The van der Waals surface area contributed by atoms with Crippen LogP contribution in [0.3, 0.4) is 0 Å². The van der Waals surface area contributed by atoms with E-state index in [0.717, 1.165) is 108 Å². The van der Waals surface area contributed by atoms with E-state index in [4.69, 9.17) is 37.0 Å². The second kappa shape index (κ2) is 64.7. The van der Waals surface area contributed by atoms with Crippen LogP contribution in [-0.4, -0.2) is 96.7 Å². The Bertz CT molecular complexity index is 1820. The molecule has 0 saturated carbocycles. The van der Waals surface area contributed by atoms with E-state index in [1.165, 1.54) is 186 Å². The molecule has 3 unspecified atom stereocenters. The quantitative estimate of drug-likeness (QED) is 0.0222. The minimum absolute atomic E-state index is 0.105. The van der Waals surface area contributed by atoms with Crippen LogP contribution in [0.1, 0.15) is 376 Å². The fraction of sp³-hybridized carbons (Fsp3) is 0.946. The highest BCUT2D eigenvalue weighted by Crippen LogP contribution is 2.45. The molecule has 0 aliphatic carbocycles. The highest BCUT2D eigenvalue weighted by atomic mass is 31.2. The summed E-state index contributed by atoms with van der Waals surface area (Å²) < 4.78 is 68.5. The predicted octanol–water partition coefficient (Wildman–Crippen LogP) is 21.4. The molecule has 0 radical (unpaired) electrons. The monoisotopic (exact) mass is 1370 g/mol. The minimum atomic E-state index is -4.96. The van der Waals surface area contributed by atoms with Crippen LogP contribution in [0.2, 0.25) is 0 Å². The van der Waals surface area contributed by atoms with Crippen LogP contribution in [0.25, 0.3) is 0 Å². The number of carbonyl (C=O) groups excluding carboxylic acids is 4. The third kappa shape index (κ3) is 67.0. The van der Waals surface area contributed by atoms with Crippen LogP contribution in [0, 0.1) is 17.8 Å². The number of phosphoric ester groups is 2. The van der Waals surface area contributed by atoms with Crippen molar-refractivity contribution in [2.24, 2.45) is 17.8 Å². The fourth-order valence-electron chi connectivity index (χ4n) is 11.2. The number of ether oxygens (including phenoxy) is 4. The molecule has 0 aromatic rings. The van der Waals surface area contributed by atoms with E-state index in [-0.39, 0.29) is 25.7 Å². The topological polar surface area (TPSA) is 237 Å². The van der Waals surface area contributed by atoms with Gasteiger partial charge in [-0.25, -0.2) is 9.13 Å². The van der Waals surface area contributed by atoms with Gasteiger partial charge in [-0.3, -0.25) is 37.3 Å². The highest BCUT2D eigenvalue weighted by molar-refractivity contribution is 7.47. The lowest BCUT2D eigenvalue weighted by Gasteiger charge is -2.21. The van der Waals surface area contributed by atoms with Gasteiger partial charge in [0.1, 0.15) is 19.3 Å². The summed E-state index contributed by atoms with van der Waals surface area (Å²) in [5.41, 5.74) is 0. The Hall–Kier alpha value is -1.94. The Labute approximate surface area is 568 Å². The van der Waals surface area contributed by atoms with Crippen molar-refractivity contribution < 1.29 is 80.2 Å². The molecule has 0 saturated heterocycles. The molecule has 17 nitrogen and oxygen atoms in total. The molecule has 19 heteroatoms. The first-order valence-electron chi connectivity index (χ1n) is 38.4. The molecule has 0 heterocycles. The Balaban J connectivity index is 5.26. The van der Waals surface area contributed by atoms with Crippen molar-refractivity contribution in [3.63, 3.8) is 0 Å². The molecule has 0 aliphatic heterocycles.